The highest BCUT2D eigenvalue weighted by Gasteiger charge is 2.38. The van der Waals surface area contributed by atoms with Crippen LogP contribution in [0.25, 0.3) is 11.0 Å². The summed E-state index contributed by atoms with van der Waals surface area (Å²) >= 11 is 6.14. The lowest BCUT2D eigenvalue weighted by molar-refractivity contribution is -0.192. The van der Waals surface area contributed by atoms with E-state index < -0.39 is 12.1 Å². The molecule has 1 saturated heterocycles. The van der Waals surface area contributed by atoms with Crippen LogP contribution < -0.4 is 10.2 Å². The standard InChI is InChI=1S/C23H22ClN7.C2HF3O2/c24-18-6-3-5-17(15-18)16-30-11-13-31(14-12-30)22-21(29-23-25-9-4-10-26-23)27-19-7-1-2-8-20(19)28-22;3-2(4,5)1(6)7/h1-10,15H,11-14,16H2,(H,25,26,27,29);(H,6,7). The van der Waals surface area contributed by atoms with Crippen molar-refractivity contribution < 1.29 is 23.1 Å². The molecule has 0 aliphatic carbocycles. The molecule has 3 heterocycles. The predicted octanol–water partition coefficient (Wildman–Crippen LogP) is 4.77. The van der Waals surface area contributed by atoms with Crippen LogP contribution in [0.5, 0.6) is 0 Å². The van der Waals surface area contributed by atoms with Gasteiger partial charge in [0.1, 0.15) is 0 Å². The van der Waals surface area contributed by atoms with Crippen molar-refractivity contribution in [1.29, 1.82) is 0 Å². The molecule has 13 heteroatoms. The molecule has 2 aromatic carbocycles. The number of nitrogens with zero attached hydrogens (tertiary/aromatic N) is 6. The van der Waals surface area contributed by atoms with Crippen LogP contribution in [0, 0.1) is 0 Å². The highest BCUT2D eigenvalue weighted by Crippen LogP contribution is 2.28. The molecular formula is C25H23ClF3N7O2. The molecule has 4 aromatic rings. The third-order valence-corrected chi connectivity index (χ3v) is 5.79. The summed E-state index contributed by atoms with van der Waals surface area (Å²) in [5, 5.41) is 11.2. The number of aromatic nitrogens is 4. The van der Waals surface area contributed by atoms with E-state index in [0.717, 1.165) is 54.6 Å². The molecule has 9 nitrogen and oxygen atoms in total. The summed E-state index contributed by atoms with van der Waals surface area (Å²) in [6.45, 7) is 4.47. The molecule has 1 aliphatic heterocycles. The maximum atomic E-state index is 10.6. The number of anilines is 3. The summed E-state index contributed by atoms with van der Waals surface area (Å²) in [5.74, 6) is -0.748. The number of aliphatic carboxylic acids is 1. The fourth-order valence-corrected chi connectivity index (χ4v) is 3.99. The van der Waals surface area contributed by atoms with E-state index in [1.165, 1.54) is 5.56 Å². The van der Waals surface area contributed by atoms with Gasteiger partial charge in [-0.15, -0.1) is 0 Å². The van der Waals surface area contributed by atoms with Gasteiger partial charge in [0.2, 0.25) is 5.95 Å². The first-order valence-corrected chi connectivity index (χ1v) is 11.9. The second-order valence-corrected chi connectivity index (χ2v) is 8.71. The van der Waals surface area contributed by atoms with Crippen LogP contribution in [0.1, 0.15) is 5.56 Å². The zero-order valence-corrected chi connectivity index (χ0v) is 20.7. The molecule has 2 N–H and O–H groups in total. The largest absolute Gasteiger partial charge is 0.490 e. The predicted molar refractivity (Wildman–Crippen MR) is 137 cm³/mol. The summed E-state index contributed by atoms with van der Waals surface area (Å²) in [6, 6.07) is 17.8. The number of carboxylic acids is 1. The van der Waals surface area contributed by atoms with Crippen molar-refractivity contribution in [2.75, 3.05) is 36.4 Å². The minimum Gasteiger partial charge on any atom is -0.475 e. The van der Waals surface area contributed by atoms with Crippen LogP contribution in [0.15, 0.2) is 67.0 Å². The number of nitrogens with one attached hydrogen (secondary N) is 1. The molecular weight excluding hydrogens is 523 g/mol. The van der Waals surface area contributed by atoms with Crippen LogP contribution in [0.2, 0.25) is 5.02 Å². The van der Waals surface area contributed by atoms with Gasteiger partial charge in [0, 0.05) is 50.1 Å². The molecule has 1 aliphatic rings. The van der Waals surface area contributed by atoms with Gasteiger partial charge in [0.25, 0.3) is 0 Å². The van der Waals surface area contributed by atoms with Crippen molar-refractivity contribution in [2.45, 2.75) is 12.7 Å². The lowest BCUT2D eigenvalue weighted by Gasteiger charge is -2.36. The van der Waals surface area contributed by atoms with Gasteiger partial charge in [-0.05, 0) is 35.9 Å². The number of hydrogen-bond donors (Lipinski definition) is 2. The average molecular weight is 546 g/mol. The van der Waals surface area contributed by atoms with Crippen LogP contribution >= 0.6 is 11.6 Å². The van der Waals surface area contributed by atoms with Crippen LogP contribution in [-0.2, 0) is 11.3 Å². The van der Waals surface area contributed by atoms with E-state index in [4.69, 9.17) is 31.5 Å². The zero-order valence-electron chi connectivity index (χ0n) is 19.9. The number of piperazine rings is 1. The Morgan fingerprint density at radius 1 is 0.947 bits per heavy atom. The molecule has 2 aromatic heterocycles. The summed E-state index contributed by atoms with van der Waals surface area (Å²) in [6.07, 6.45) is -1.67. The Bertz CT molecular complexity index is 1380. The summed E-state index contributed by atoms with van der Waals surface area (Å²) in [5.41, 5.74) is 2.94. The van der Waals surface area contributed by atoms with Gasteiger partial charge in [-0.3, -0.25) is 4.90 Å². The third-order valence-electron chi connectivity index (χ3n) is 5.56. The quantitative estimate of drug-likeness (QED) is 0.366. The summed E-state index contributed by atoms with van der Waals surface area (Å²) in [4.78, 5) is 31.9. The Morgan fingerprint density at radius 2 is 1.58 bits per heavy atom. The summed E-state index contributed by atoms with van der Waals surface area (Å²) < 4.78 is 31.7. The number of halogens is 4. The monoisotopic (exact) mass is 545 g/mol. The van der Waals surface area contributed by atoms with E-state index >= 15 is 0 Å². The molecule has 0 atom stereocenters. The van der Waals surface area contributed by atoms with Gasteiger partial charge >= 0.3 is 12.1 Å². The molecule has 0 saturated carbocycles. The number of alkyl halides is 3. The van der Waals surface area contributed by atoms with Crippen LogP contribution in [0.3, 0.4) is 0 Å². The highest BCUT2D eigenvalue weighted by molar-refractivity contribution is 6.30. The second-order valence-electron chi connectivity index (χ2n) is 8.28. The number of carbonyl (C=O) groups is 1. The molecule has 5 rings (SSSR count). The third kappa shape index (κ3) is 7.26. The zero-order chi connectivity index (χ0) is 27.1. The Hall–Kier alpha value is -4.03. The highest BCUT2D eigenvalue weighted by atomic mass is 35.5. The van der Waals surface area contributed by atoms with Crippen LogP contribution in [0.4, 0.5) is 30.8 Å². The van der Waals surface area contributed by atoms with Crippen molar-refractivity contribution in [3.8, 4) is 0 Å². The summed E-state index contributed by atoms with van der Waals surface area (Å²) in [7, 11) is 0. The molecule has 0 bridgehead atoms. The maximum absolute atomic E-state index is 10.6. The Kier molecular flexibility index (Phi) is 8.54. The normalized spacial score (nSPS) is 14.1. The molecule has 0 spiro atoms. The van der Waals surface area contributed by atoms with Gasteiger partial charge in [-0.25, -0.2) is 24.7 Å². The molecule has 0 amide bonds. The fraction of sp³-hybridized carbons (Fsp3) is 0.240. The van der Waals surface area contributed by atoms with Crippen molar-refractivity contribution in [3.05, 3.63) is 77.6 Å². The van der Waals surface area contributed by atoms with Gasteiger partial charge in [0.05, 0.1) is 11.0 Å². The van der Waals surface area contributed by atoms with E-state index in [2.05, 4.69) is 31.2 Å². The number of benzene rings is 2. The molecule has 198 valence electrons. The Morgan fingerprint density at radius 3 is 2.18 bits per heavy atom. The number of fused-ring (bicyclic) bond motifs is 1. The van der Waals surface area contributed by atoms with Gasteiger partial charge < -0.3 is 15.3 Å². The van der Waals surface area contributed by atoms with E-state index in [9.17, 15) is 13.2 Å². The number of rotatable bonds is 5. The fourth-order valence-electron chi connectivity index (χ4n) is 3.78. The van der Waals surface area contributed by atoms with E-state index in [0.29, 0.717) is 11.8 Å². The lowest BCUT2D eigenvalue weighted by Crippen LogP contribution is -2.46. The minimum atomic E-state index is -5.08. The van der Waals surface area contributed by atoms with Crippen molar-refractivity contribution in [1.82, 2.24) is 24.8 Å². The minimum absolute atomic E-state index is 0.507. The second kappa shape index (κ2) is 12.0. The lowest BCUT2D eigenvalue weighted by atomic mass is 10.2. The molecule has 0 unspecified atom stereocenters. The molecule has 0 radical (unpaired) electrons. The molecule has 1 fully saturated rings. The van der Waals surface area contributed by atoms with Crippen molar-refractivity contribution in [3.63, 3.8) is 0 Å². The first-order valence-electron chi connectivity index (χ1n) is 11.5. The van der Waals surface area contributed by atoms with Gasteiger partial charge in [-0.1, -0.05) is 35.9 Å². The van der Waals surface area contributed by atoms with E-state index in [1.54, 1.807) is 18.5 Å². The number of carboxylic acid groups (broad SMARTS) is 1. The Balaban J connectivity index is 0.000000426. The van der Waals surface area contributed by atoms with Gasteiger partial charge in [-0.2, -0.15) is 13.2 Å². The number of hydrogen-bond acceptors (Lipinski definition) is 8. The maximum Gasteiger partial charge on any atom is 0.490 e. The van der Waals surface area contributed by atoms with Crippen molar-refractivity contribution in [2.24, 2.45) is 0 Å². The Labute approximate surface area is 220 Å². The SMILES string of the molecule is Clc1cccc(CN2CCN(c3nc4ccccc4nc3Nc3ncccn3)CC2)c1.O=C(O)C(F)(F)F. The molecule has 38 heavy (non-hydrogen) atoms. The smallest absolute Gasteiger partial charge is 0.475 e. The number of para-hydroxylation sites is 2. The van der Waals surface area contributed by atoms with Gasteiger partial charge in [0.15, 0.2) is 11.6 Å². The topological polar surface area (TPSA) is 107 Å². The average Bonchev–Trinajstić information content (AvgIpc) is 2.89. The first kappa shape index (κ1) is 27.0. The van der Waals surface area contributed by atoms with E-state index in [-0.39, 0.29) is 0 Å². The van der Waals surface area contributed by atoms with Crippen molar-refractivity contribution >= 4 is 46.2 Å². The first-order chi connectivity index (χ1) is 18.2. The van der Waals surface area contributed by atoms with Crippen LogP contribution in [-0.4, -0.2) is 68.3 Å². The van der Waals surface area contributed by atoms with E-state index in [1.807, 2.05) is 42.5 Å².